The van der Waals surface area contributed by atoms with Gasteiger partial charge in [-0.1, -0.05) is 26.0 Å². The van der Waals surface area contributed by atoms with Crippen LogP contribution in [0.3, 0.4) is 0 Å². The first-order valence-electron chi connectivity index (χ1n) is 9.77. The van der Waals surface area contributed by atoms with Crippen molar-refractivity contribution in [2.24, 2.45) is 11.8 Å². The molecule has 1 fully saturated rings. The molecule has 1 aliphatic heterocycles. The Morgan fingerprint density at radius 2 is 1.89 bits per heavy atom. The molecule has 1 aromatic carbocycles. The van der Waals surface area contributed by atoms with Crippen molar-refractivity contribution in [3.63, 3.8) is 0 Å². The van der Waals surface area contributed by atoms with Gasteiger partial charge in [0, 0.05) is 30.5 Å². The van der Waals surface area contributed by atoms with Crippen LogP contribution in [0.25, 0.3) is 0 Å². The van der Waals surface area contributed by atoms with Gasteiger partial charge in [0.25, 0.3) is 0 Å². The van der Waals surface area contributed by atoms with Gasteiger partial charge in [-0.05, 0) is 49.5 Å². The number of rotatable bonds is 7. The van der Waals surface area contributed by atoms with Gasteiger partial charge in [0.1, 0.15) is 6.04 Å². The average Bonchev–Trinajstić information content (AvgIpc) is 3.17. The summed E-state index contributed by atoms with van der Waals surface area (Å²) < 4.78 is 2.08. The van der Waals surface area contributed by atoms with Gasteiger partial charge in [-0.2, -0.15) is 0 Å². The number of hydrogen-bond donors (Lipinski definition) is 2. The molecule has 1 atom stereocenters. The van der Waals surface area contributed by atoms with Gasteiger partial charge in [0.2, 0.25) is 5.91 Å². The molecule has 28 heavy (non-hydrogen) atoms. The van der Waals surface area contributed by atoms with Crippen LogP contribution in [0.15, 0.2) is 43.0 Å². The Bertz CT molecular complexity index is 778. The zero-order valence-corrected chi connectivity index (χ0v) is 16.4. The molecule has 7 nitrogen and oxygen atoms in total. The minimum absolute atomic E-state index is 0.0532. The minimum atomic E-state index is -0.841. The molecular formula is C21H28N4O3. The molecule has 1 aromatic heterocycles. The average molecular weight is 384 g/mol. The van der Waals surface area contributed by atoms with Crippen molar-refractivity contribution in [3.05, 3.63) is 48.5 Å². The largest absolute Gasteiger partial charge is 0.480 e. The number of likely N-dealkylation sites (tertiary alicyclic amines) is 1. The molecule has 0 spiro atoms. The fourth-order valence-corrected chi connectivity index (χ4v) is 3.63. The fourth-order valence-electron chi connectivity index (χ4n) is 3.63. The Balaban J connectivity index is 1.62. The molecule has 0 saturated carbocycles. The summed E-state index contributed by atoms with van der Waals surface area (Å²) >= 11 is 0. The molecule has 150 valence electrons. The Hall–Kier alpha value is -2.67. The number of nitrogens with zero attached hydrogens (tertiary/aromatic N) is 3. The van der Waals surface area contributed by atoms with E-state index in [0.29, 0.717) is 11.6 Å². The van der Waals surface area contributed by atoms with E-state index < -0.39 is 12.0 Å². The molecule has 1 saturated heterocycles. The van der Waals surface area contributed by atoms with Crippen LogP contribution in [0.1, 0.15) is 38.3 Å². The Morgan fingerprint density at radius 1 is 1.21 bits per heavy atom. The number of carbonyl (C=O) groups is 2. The normalized spacial score (nSPS) is 16.8. The lowest BCUT2D eigenvalue weighted by molar-refractivity contribution is -0.144. The standard InChI is InChI=1S/C21H28N4O3/c1-15(2)20(26)23-18-5-3-17(4-6-18)19(21(27)28)25-10-7-16(8-11-25)13-24-12-9-22-14-24/h3-6,9,12,14-16,19H,7-8,10-11,13H2,1-2H3,(H,23,26)(H,27,28)/t19-/m0/s1. The smallest absolute Gasteiger partial charge is 0.325 e. The number of amides is 1. The summed E-state index contributed by atoms with van der Waals surface area (Å²) in [6, 6.07) is 6.48. The zero-order valence-electron chi connectivity index (χ0n) is 16.4. The van der Waals surface area contributed by atoms with Gasteiger partial charge in [0.05, 0.1) is 6.33 Å². The van der Waals surface area contributed by atoms with Crippen LogP contribution in [0.2, 0.25) is 0 Å². The van der Waals surface area contributed by atoms with Crippen LogP contribution in [0.4, 0.5) is 5.69 Å². The van der Waals surface area contributed by atoms with Gasteiger partial charge < -0.3 is 15.0 Å². The highest BCUT2D eigenvalue weighted by atomic mass is 16.4. The van der Waals surface area contributed by atoms with Crippen molar-refractivity contribution < 1.29 is 14.7 Å². The summed E-state index contributed by atoms with van der Waals surface area (Å²) in [6.45, 7) is 6.10. The molecule has 0 radical (unpaired) electrons. The van der Waals surface area contributed by atoms with E-state index in [-0.39, 0.29) is 11.8 Å². The quantitative estimate of drug-likeness (QED) is 0.766. The van der Waals surface area contributed by atoms with Crippen molar-refractivity contribution in [2.45, 2.75) is 39.3 Å². The predicted octanol–water partition coefficient (Wildman–Crippen LogP) is 3.02. The Labute approximate surface area is 165 Å². The van der Waals surface area contributed by atoms with Crippen LogP contribution in [0.5, 0.6) is 0 Å². The molecule has 2 heterocycles. The van der Waals surface area contributed by atoms with Crippen LogP contribution in [-0.2, 0) is 16.1 Å². The van der Waals surface area contributed by atoms with Crippen molar-refractivity contribution >= 4 is 17.6 Å². The summed E-state index contributed by atoms with van der Waals surface area (Å²) in [6.07, 6.45) is 7.50. The van der Waals surface area contributed by atoms with Crippen LogP contribution >= 0.6 is 0 Å². The number of aliphatic carboxylic acids is 1. The zero-order chi connectivity index (χ0) is 20.1. The predicted molar refractivity (Wildman–Crippen MR) is 107 cm³/mol. The molecule has 1 aliphatic rings. The number of benzene rings is 1. The number of nitrogens with one attached hydrogen (secondary N) is 1. The first-order chi connectivity index (χ1) is 13.4. The number of piperidine rings is 1. The van der Waals surface area contributed by atoms with Gasteiger partial charge in [-0.15, -0.1) is 0 Å². The van der Waals surface area contributed by atoms with Crippen molar-refractivity contribution in [1.29, 1.82) is 0 Å². The van der Waals surface area contributed by atoms with Crippen molar-refractivity contribution in [3.8, 4) is 0 Å². The van der Waals surface area contributed by atoms with Gasteiger partial charge in [-0.3, -0.25) is 14.5 Å². The highest BCUT2D eigenvalue weighted by Gasteiger charge is 2.31. The lowest BCUT2D eigenvalue weighted by Crippen LogP contribution is -2.40. The summed E-state index contributed by atoms with van der Waals surface area (Å²) in [5, 5.41) is 12.7. The van der Waals surface area contributed by atoms with Gasteiger partial charge >= 0.3 is 5.97 Å². The number of carbonyl (C=O) groups excluding carboxylic acids is 1. The topological polar surface area (TPSA) is 87.5 Å². The summed E-state index contributed by atoms with van der Waals surface area (Å²) in [7, 11) is 0. The lowest BCUT2D eigenvalue weighted by Gasteiger charge is -2.36. The van der Waals surface area contributed by atoms with E-state index in [1.165, 1.54) is 0 Å². The first-order valence-corrected chi connectivity index (χ1v) is 9.77. The maximum atomic E-state index is 12.0. The second-order valence-corrected chi connectivity index (χ2v) is 7.75. The third kappa shape index (κ3) is 4.98. The van der Waals surface area contributed by atoms with Crippen LogP contribution in [-0.4, -0.2) is 44.5 Å². The Kier molecular flexibility index (Phi) is 6.46. The second kappa shape index (κ2) is 9.01. The molecule has 0 bridgehead atoms. The summed E-state index contributed by atoms with van der Waals surface area (Å²) in [4.78, 5) is 29.9. The molecule has 1 amide bonds. The highest BCUT2D eigenvalue weighted by Crippen LogP contribution is 2.29. The molecule has 0 unspecified atom stereocenters. The third-order valence-corrected chi connectivity index (χ3v) is 5.29. The van der Waals surface area contributed by atoms with E-state index in [4.69, 9.17) is 0 Å². The molecule has 3 rings (SSSR count). The lowest BCUT2D eigenvalue weighted by atomic mass is 9.94. The number of anilines is 1. The number of imidazole rings is 1. The number of aromatic nitrogens is 2. The van der Waals surface area contributed by atoms with E-state index in [1.807, 2.05) is 31.3 Å². The number of carboxylic acids is 1. The first kappa shape index (κ1) is 20.1. The van der Waals surface area contributed by atoms with E-state index >= 15 is 0 Å². The van der Waals surface area contributed by atoms with Crippen molar-refractivity contribution in [1.82, 2.24) is 14.5 Å². The maximum absolute atomic E-state index is 12.0. The van der Waals surface area contributed by atoms with E-state index in [0.717, 1.165) is 38.0 Å². The monoisotopic (exact) mass is 384 g/mol. The van der Waals surface area contributed by atoms with E-state index in [9.17, 15) is 14.7 Å². The summed E-state index contributed by atoms with van der Waals surface area (Å²) in [5.41, 5.74) is 1.42. The molecule has 0 aliphatic carbocycles. The highest BCUT2D eigenvalue weighted by molar-refractivity contribution is 5.92. The van der Waals surface area contributed by atoms with Gasteiger partial charge in [-0.25, -0.2) is 4.98 Å². The SMILES string of the molecule is CC(C)C(=O)Nc1ccc([C@@H](C(=O)O)N2CCC(Cn3ccnc3)CC2)cc1. The number of hydrogen-bond acceptors (Lipinski definition) is 4. The minimum Gasteiger partial charge on any atom is -0.480 e. The van der Waals surface area contributed by atoms with Crippen LogP contribution < -0.4 is 5.32 Å². The second-order valence-electron chi connectivity index (χ2n) is 7.75. The van der Waals surface area contributed by atoms with E-state index in [2.05, 4.69) is 14.9 Å². The molecule has 2 N–H and O–H groups in total. The Morgan fingerprint density at radius 3 is 2.43 bits per heavy atom. The fraction of sp³-hybridized carbons (Fsp3) is 0.476. The van der Waals surface area contributed by atoms with Crippen molar-refractivity contribution in [2.75, 3.05) is 18.4 Å². The molecular weight excluding hydrogens is 356 g/mol. The van der Waals surface area contributed by atoms with Crippen LogP contribution in [0, 0.1) is 11.8 Å². The van der Waals surface area contributed by atoms with Gasteiger partial charge in [0.15, 0.2) is 0 Å². The molecule has 7 heteroatoms. The summed E-state index contributed by atoms with van der Waals surface area (Å²) in [5.74, 6) is -0.460. The third-order valence-electron chi connectivity index (χ3n) is 5.29. The van der Waals surface area contributed by atoms with E-state index in [1.54, 1.807) is 30.5 Å². The maximum Gasteiger partial charge on any atom is 0.325 e. The molecule has 2 aromatic rings. The number of carboxylic acid groups (broad SMARTS) is 1.